The Morgan fingerprint density at radius 1 is 1.00 bits per heavy atom. The minimum Gasteiger partial charge on any atom is -0.508 e. The summed E-state index contributed by atoms with van der Waals surface area (Å²) in [7, 11) is 1.57. The van der Waals surface area contributed by atoms with Gasteiger partial charge in [0.2, 0.25) is 0 Å². The van der Waals surface area contributed by atoms with Gasteiger partial charge in [0, 0.05) is 5.69 Å². The van der Waals surface area contributed by atoms with Crippen LogP contribution in [0.2, 0.25) is 0 Å². The Morgan fingerprint density at radius 3 is 2.28 bits per heavy atom. The van der Waals surface area contributed by atoms with E-state index in [4.69, 9.17) is 19.3 Å². The van der Waals surface area contributed by atoms with E-state index in [1.807, 2.05) is 0 Å². The first-order valence-corrected chi connectivity index (χ1v) is 7.58. The van der Waals surface area contributed by atoms with Crippen molar-refractivity contribution >= 4 is 17.6 Å². The van der Waals surface area contributed by atoms with Crippen LogP contribution in [0.5, 0.6) is 17.2 Å². The number of benzene rings is 2. The van der Waals surface area contributed by atoms with Crippen molar-refractivity contribution in [1.82, 2.24) is 0 Å². The van der Waals surface area contributed by atoms with Crippen LogP contribution in [0.25, 0.3) is 0 Å². The number of amides is 1. The zero-order valence-electron chi connectivity index (χ0n) is 13.7. The topological polar surface area (TPSA) is 94.1 Å². The summed E-state index contributed by atoms with van der Waals surface area (Å²) < 4.78 is 15.3. The lowest BCUT2D eigenvalue weighted by Gasteiger charge is -2.08. The molecular formula is C18H19NO6. The maximum absolute atomic E-state index is 11.7. The average Bonchev–Trinajstić information content (AvgIpc) is 2.62. The first-order chi connectivity index (χ1) is 12.1. The molecule has 132 valence electrons. The predicted octanol–water partition coefficient (Wildman–Crippen LogP) is 2.35. The van der Waals surface area contributed by atoms with Gasteiger partial charge in [0.15, 0.2) is 6.61 Å². The maximum Gasteiger partial charge on any atom is 0.309 e. The van der Waals surface area contributed by atoms with Crippen molar-refractivity contribution in [1.29, 1.82) is 0 Å². The second-order valence-electron chi connectivity index (χ2n) is 5.03. The number of anilines is 1. The third-order valence-electron chi connectivity index (χ3n) is 3.15. The molecule has 0 aliphatic carbocycles. The molecular weight excluding hydrogens is 326 g/mol. The molecule has 0 aromatic heterocycles. The van der Waals surface area contributed by atoms with E-state index in [-0.39, 0.29) is 25.4 Å². The average molecular weight is 345 g/mol. The maximum atomic E-state index is 11.7. The summed E-state index contributed by atoms with van der Waals surface area (Å²) in [6.07, 6.45) is 0.0263. The first-order valence-electron chi connectivity index (χ1n) is 7.58. The highest BCUT2D eigenvalue weighted by atomic mass is 16.5. The van der Waals surface area contributed by atoms with Crippen molar-refractivity contribution in [2.75, 3.05) is 25.6 Å². The minimum atomic E-state index is -0.533. The number of ether oxygens (including phenoxy) is 3. The van der Waals surface area contributed by atoms with Gasteiger partial charge < -0.3 is 24.6 Å². The van der Waals surface area contributed by atoms with Gasteiger partial charge in [0.05, 0.1) is 20.1 Å². The van der Waals surface area contributed by atoms with Crippen LogP contribution in [-0.2, 0) is 14.3 Å². The summed E-state index contributed by atoms with van der Waals surface area (Å²) in [6.45, 7) is -0.243. The molecule has 0 aliphatic heterocycles. The number of methoxy groups -OCH3 is 1. The third kappa shape index (κ3) is 6.42. The van der Waals surface area contributed by atoms with Gasteiger partial charge >= 0.3 is 5.97 Å². The highest BCUT2D eigenvalue weighted by molar-refractivity contribution is 5.92. The smallest absolute Gasteiger partial charge is 0.309 e. The SMILES string of the molecule is COc1ccc(OCCC(=O)OCC(=O)Nc2ccc(O)cc2)cc1. The van der Waals surface area contributed by atoms with E-state index in [0.29, 0.717) is 17.2 Å². The van der Waals surface area contributed by atoms with Gasteiger partial charge in [-0.25, -0.2) is 0 Å². The van der Waals surface area contributed by atoms with E-state index in [1.165, 1.54) is 24.3 Å². The zero-order valence-corrected chi connectivity index (χ0v) is 13.7. The molecule has 0 atom stereocenters. The van der Waals surface area contributed by atoms with Crippen molar-refractivity contribution in [2.24, 2.45) is 0 Å². The van der Waals surface area contributed by atoms with Crippen molar-refractivity contribution in [3.05, 3.63) is 48.5 Å². The van der Waals surface area contributed by atoms with Gasteiger partial charge in [-0.3, -0.25) is 9.59 Å². The van der Waals surface area contributed by atoms with E-state index in [2.05, 4.69) is 5.32 Å². The van der Waals surface area contributed by atoms with Gasteiger partial charge in [-0.2, -0.15) is 0 Å². The number of phenols is 1. The molecule has 0 aliphatic rings. The van der Waals surface area contributed by atoms with E-state index < -0.39 is 11.9 Å². The van der Waals surface area contributed by atoms with E-state index >= 15 is 0 Å². The zero-order chi connectivity index (χ0) is 18.1. The number of esters is 1. The molecule has 0 unspecified atom stereocenters. The molecule has 0 fully saturated rings. The number of phenolic OH excluding ortho intramolecular Hbond substituents is 1. The number of carbonyl (C=O) groups excluding carboxylic acids is 2. The summed E-state index contributed by atoms with van der Waals surface area (Å²) in [6, 6.07) is 12.9. The molecule has 0 bridgehead atoms. The summed E-state index contributed by atoms with van der Waals surface area (Å²) >= 11 is 0. The van der Waals surface area contributed by atoms with Crippen LogP contribution in [0.4, 0.5) is 5.69 Å². The quantitative estimate of drug-likeness (QED) is 0.563. The van der Waals surface area contributed by atoms with Gasteiger partial charge in [0.25, 0.3) is 5.91 Å². The van der Waals surface area contributed by atoms with Crippen molar-refractivity contribution in [3.8, 4) is 17.2 Å². The molecule has 2 rings (SSSR count). The summed E-state index contributed by atoms with van der Waals surface area (Å²) in [5, 5.41) is 11.7. The summed E-state index contributed by atoms with van der Waals surface area (Å²) in [5.41, 5.74) is 0.502. The van der Waals surface area contributed by atoms with Gasteiger partial charge in [0.1, 0.15) is 17.2 Å². The molecule has 7 nitrogen and oxygen atoms in total. The predicted molar refractivity (Wildman–Crippen MR) is 90.8 cm³/mol. The molecule has 0 saturated heterocycles. The number of rotatable bonds is 8. The Bertz CT molecular complexity index is 697. The Labute approximate surface area is 145 Å². The molecule has 7 heteroatoms. The van der Waals surface area contributed by atoms with Crippen LogP contribution in [0.15, 0.2) is 48.5 Å². The lowest BCUT2D eigenvalue weighted by atomic mass is 10.3. The highest BCUT2D eigenvalue weighted by Gasteiger charge is 2.08. The molecule has 0 radical (unpaired) electrons. The van der Waals surface area contributed by atoms with Crippen LogP contribution in [0, 0.1) is 0 Å². The summed E-state index contributed by atoms with van der Waals surface area (Å²) in [4.78, 5) is 23.3. The largest absolute Gasteiger partial charge is 0.508 e. The fourth-order valence-corrected chi connectivity index (χ4v) is 1.88. The van der Waals surface area contributed by atoms with E-state index in [0.717, 1.165) is 0 Å². The minimum absolute atomic E-state index is 0.0263. The number of aromatic hydroxyl groups is 1. The Balaban J connectivity index is 1.64. The number of hydrogen-bond donors (Lipinski definition) is 2. The number of hydrogen-bond acceptors (Lipinski definition) is 6. The van der Waals surface area contributed by atoms with Crippen LogP contribution in [-0.4, -0.2) is 37.3 Å². The number of carbonyl (C=O) groups is 2. The van der Waals surface area contributed by atoms with Crippen molar-refractivity contribution < 1.29 is 28.9 Å². The lowest BCUT2D eigenvalue weighted by molar-refractivity contribution is -0.147. The summed E-state index contributed by atoms with van der Waals surface area (Å²) in [5.74, 6) is 0.427. The molecule has 0 saturated carbocycles. The third-order valence-corrected chi connectivity index (χ3v) is 3.15. The molecule has 1 amide bonds. The molecule has 2 aromatic rings. The van der Waals surface area contributed by atoms with Crippen molar-refractivity contribution in [3.63, 3.8) is 0 Å². The van der Waals surface area contributed by atoms with Gasteiger partial charge in [-0.05, 0) is 48.5 Å². The van der Waals surface area contributed by atoms with E-state index in [1.54, 1.807) is 31.4 Å². The van der Waals surface area contributed by atoms with Crippen LogP contribution >= 0.6 is 0 Å². The standard InChI is InChI=1S/C18H19NO6/c1-23-15-6-8-16(9-7-15)24-11-10-18(22)25-12-17(21)19-13-2-4-14(20)5-3-13/h2-9,20H,10-12H2,1H3,(H,19,21). The first kappa shape index (κ1) is 18.1. The molecule has 0 heterocycles. The second kappa shape index (κ2) is 9.17. The Kier molecular flexibility index (Phi) is 6.65. The molecule has 0 spiro atoms. The normalized spacial score (nSPS) is 9.96. The van der Waals surface area contributed by atoms with Crippen LogP contribution in [0.1, 0.15) is 6.42 Å². The number of nitrogens with one attached hydrogen (secondary N) is 1. The van der Waals surface area contributed by atoms with Crippen molar-refractivity contribution in [2.45, 2.75) is 6.42 Å². The van der Waals surface area contributed by atoms with Gasteiger partial charge in [-0.1, -0.05) is 0 Å². The Hall–Kier alpha value is -3.22. The molecule has 25 heavy (non-hydrogen) atoms. The lowest BCUT2D eigenvalue weighted by Crippen LogP contribution is -2.21. The highest BCUT2D eigenvalue weighted by Crippen LogP contribution is 2.17. The fraction of sp³-hybridized carbons (Fsp3) is 0.222. The van der Waals surface area contributed by atoms with Crippen LogP contribution < -0.4 is 14.8 Å². The van der Waals surface area contributed by atoms with E-state index in [9.17, 15) is 9.59 Å². The monoisotopic (exact) mass is 345 g/mol. The molecule has 2 aromatic carbocycles. The molecule has 2 N–H and O–H groups in total. The fourth-order valence-electron chi connectivity index (χ4n) is 1.88. The second-order valence-corrected chi connectivity index (χ2v) is 5.03. The van der Waals surface area contributed by atoms with Crippen LogP contribution in [0.3, 0.4) is 0 Å². The Morgan fingerprint density at radius 2 is 1.64 bits per heavy atom. The van der Waals surface area contributed by atoms with Gasteiger partial charge in [-0.15, -0.1) is 0 Å².